The van der Waals surface area contributed by atoms with Crippen LogP contribution < -0.4 is 10.5 Å². The summed E-state index contributed by atoms with van der Waals surface area (Å²) >= 11 is 0. The molecule has 1 aromatic carbocycles. The van der Waals surface area contributed by atoms with Gasteiger partial charge in [0.05, 0.1) is 17.2 Å². The Morgan fingerprint density at radius 2 is 2.31 bits per heavy atom. The molecule has 0 bridgehead atoms. The first kappa shape index (κ1) is 7.85. The summed E-state index contributed by atoms with van der Waals surface area (Å²) in [5.74, 6) is 0.602. The molecule has 0 atom stereocenters. The van der Waals surface area contributed by atoms with E-state index in [1.165, 1.54) is 12.1 Å². The smallest absolute Gasteiger partial charge is 0.272 e. The number of nitro groups is 1. The molecule has 1 aromatic rings. The zero-order chi connectivity index (χ0) is 9.42. The Labute approximate surface area is 74.3 Å². The number of hydrogen-bond acceptors (Lipinski definition) is 4. The van der Waals surface area contributed by atoms with E-state index >= 15 is 0 Å². The molecule has 0 fully saturated rings. The number of nitro benzene ring substituents is 1. The maximum atomic E-state index is 10.5. The first-order valence-corrected chi connectivity index (χ1v) is 3.88. The fourth-order valence-electron chi connectivity index (χ4n) is 1.43. The fraction of sp³-hybridized carbons (Fsp3) is 0.250. The third kappa shape index (κ3) is 1.18. The molecule has 2 N–H and O–H groups in total. The Bertz CT molecular complexity index is 376. The second-order valence-electron chi connectivity index (χ2n) is 2.88. The average Bonchev–Trinajstić information content (AvgIpc) is 2.51. The van der Waals surface area contributed by atoms with Gasteiger partial charge in [0.1, 0.15) is 5.75 Å². The van der Waals surface area contributed by atoms with Gasteiger partial charge in [-0.05, 0) is 0 Å². The van der Waals surface area contributed by atoms with E-state index in [1.54, 1.807) is 0 Å². The quantitative estimate of drug-likeness (QED) is 0.399. The molecule has 0 radical (unpaired) electrons. The molecule has 1 aliphatic heterocycles. The van der Waals surface area contributed by atoms with E-state index in [2.05, 4.69) is 0 Å². The van der Waals surface area contributed by atoms with E-state index in [9.17, 15) is 10.1 Å². The zero-order valence-corrected chi connectivity index (χ0v) is 6.82. The van der Waals surface area contributed by atoms with Crippen LogP contribution in [0.25, 0.3) is 0 Å². The number of nitrogens with two attached hydrogens (primary N) is 1. The lowest BCUT2D eigenvalue weighted by Gasteiger charge is -2.02. The highest BCUT2D eigenvalue weighted by Crippen LogP contribution is 2.35. The van der Waals surface area contributed by atoms with Crippen LogP contribution in [-0.2, 0) is 6.42 Å². The van der Waals surface area contributed by atoms with Gasteiger partial charge in [0.25, 0.3) is 5.69 Å². The van der Waals surface area contributed by atoms with Crippen molar-refractivity contribution < 1.29 is 9.66 Å². The normalized spacial score (nSPS) is 13.5. The van der Waals surface area contributed by atoms with Gasteiger partial charge in [0.15, 0.2) is 0 Å². The minimum absolute atomic E-state index is 0.0294. The predicted molar refractivity (Wildman–Crippen MR) is 46.7 cm³/mol. The second-order valence-corrected chi connectivity index (χ2v) is 2.88. The first-order valence-electron chi connectivity index (χ1n) is 3.88. The average molecular weight is 180 g/mol. The third-order valence-corrected chi connectivity index (χ3v) is 2.01. The van der Waals surface area contributed by atoms with Crippen LogP contribution in [-0.4, -0.2) is 11.5 Å². The van der Waals surface area contributed by atoms with E-state index in [0.29, 0.717) is 24.5 Å². The van der Waals surface area contributed by atoms with Crippen LogP contribution in [0.4, 0.5) is 11.4 Å². The van der Waals surface area contributed by atoms with Crippen molar-refractivity contribution in [3.05, 3.63) is 27.8 Å². The Hall–Kier alpha value is -1.78. The maximum absolute atomic E-state index is 10.5. The Kier molecular flexibility index (Phi) is 1.58. The van der Waals surface area contributed by atoms with Crippen LogP contribution >= 0.6 is 0 Å². The number of rotatable bonds is 1. The van der Waals surface area contributed by atoms with Crippen molar-refractivity contribution in [1.82, 2.24) is 0 Å². The topological polar surface area (TPSA) is 78.4 Å². The van der Waals surface area contributed by atoms with Crippen molar-refractivity contribution in [1.29, 1.82) is 0 Å². The number of nitrogens with zero attached hydrogens (tertiary/aromatic N) is 1. The Morgan fingerprint density at radius 1 is 1.54 bits per heavy atom. The predicted octanol–water partition coefficient (Wildman–Crippen LogP) is 1.11. The lowest BCUT2D eigenvalue weighted by Crippen LogP contribution is -1.94. The van der Waals surface area contributed by atoms with Crippen molar-refractivity contribution in [2.45, 2.75) is 6.42 Å². The lowest BCUT2D eigenvalue weighted by molar-refractivity contribution is -0.384. The minimum Gasteiger partial charge on any atom is -0.491 e. The molecule has 2 rings (SSSR count). The molecule has 13 heavy (non-hydrogen) atoms. The van der Waals surface area contributed by atoms with Crippen molar-refractivity contribution in [2.24, 2.45) is 0 Å². The highest BCUT2D eigenvalue weighted by Gasteiger charge is 2.19. The molecule has 5 nitrogen and oxygen atoms in total. The van der Waals surface area contributed by atoms with Gasteiger partial charge in [0, 0.05) is 24.1 Å². The van der Waals surface area contributed by atoms with Gasteiger partial charge in [-0.25, -0.2) is 0 Å². The molecule has 1 heterocycles. The number of non-ortho nitro benzene ring substituents is 1. The summed E-state index contributed by atoms with van der Waals surface area (Å²) in [6.45, 7) is 0.556. The molecule has 0 spiro atoms. The number of nitrogen functional groups attached to an aromatic ring is 1. The Balaban J connectivity index is 2.55. The van der Waals surface area contributed by atoms with Crippen molar-refractivity contribution in [2.75, 3.05) is 12.3 Å². The van der Waals surface area contributed by atoms with Crippen LogP contribution in [0.1, 0.15) is 5.56 Å². The summed E-state index contributed by atoms with van der Waals surface area (Å²) in [5.41, 5.74) is 6.78. The summed E-state index contributed by atoms with van der Waals surface area (Å²) in [6, 6.07) is 2.84. The van der Waals surface area contributed by atoms with Crippen LogP contribution in [0, 0.1) is 10.1 Å². The highest BCUT2D eigenvalue weighted by molar-refractivity contribution is 5.63. The number of anilines is 1. The molecule has 0 saturated heterocycles. The molecule has 0 unspecified atom stereocenters. The third-order valence-electron chi connectivity index (χ3n) is 2.01. The molecule has 0 saturated carbocycles. The van der Waals surface area contributed by atoms with Crippen molar-refractivity contribution in [3.63, 3.8) is 0 Å². The summed E-state index contributed by atoms with van der Waals surface area (Å²) < 4.78 is 5.22. The van der Waals surface area contributed by atoms with Crippen molar-refractivity contribution >= 4 is 11.4 Å². The Morgan fingerprint density at radius 3 is 3.00 bits per heavy atom. The van der Waals surface area contributed by atoms with Crippen molar-refractivity contribution in [3.8, 4) is 5.75 Å². The van der Waals surface area contributed by atoms with Crippen LogP contribution in [0.5, 0.6) is 5.75 Å². The zero-order valence-electron chi connectivity index (χ0n) is 6.82. The van der Waals surface area contributed by atoms with Gasteiger partial charge in [0.2, 0.25) is 0 Å². The summed E-state index contributed by atoms with van der Waals surface area (Å²) in [5, 5.41) is 10.5. The largest absolute Gasteiger partial charge is 0.491 e. The van der Waals surface area contributed by atoms with Gasteiger partial charge < -0.3 is 10.5 Å². The van der Waals surface area contributed by atoms with E-state index in [1.807, 2.05) is 0 Å². The summed E-state index contributed by atoms with van der Waals surface area (Å²) in [4.78, 5) is 10.0. The van der Waals surface area contributed by atoms with Gasteiger partial charge in [-0.15, -0.1) is 0 Å². The molecule has 0 amide bonds. The molecule has 0 aliphatic carbocycles. The van der Waals surface area contributed by atoms with Crippen LogP contribution in [0.2, 0.25) is 0 Å². The molecule has 0 aromatic heterocycles. The summed E-state index contributed by atoms with van der Waals surface area (Å²) in [7, 11) is 0. The van der Waals surface area contributed by atoms with Gasteiger partial charge in [-0.2, -0.15) is 0 Å². The van der Waals surface area contributed by atoms with Crippen LogP contribution in [0.15, 0.2) is 12.1 Å². The van der Waals surface area contributed by atoms with Crippen LogP contribution in [0.3, 0.4) is 0 Å². The summed E-state index contributed by atoms with van der Waals surface area (Å²) in [6.07, 6.45) is 0.696. The molecule has 5 heteroatoms. The second kappa shape index (κ2) is 2.62. The number of benzene rings is 1. The first-order chi connectivity index (χ1) is 6.18. The number of hydrogen-bond donors (Lipinski definition) is 1. The molecular weight excluding hydrogens is 172 g/mol. The number of ether oxygens (including phenoxy) is 1. The van der Waals surface area contributed by atoms with E-state index in [0.717, 1.165) is 5.56 Å². The molecule has 68 valence electrons. The number of fused-ring (bicyclic) bond motifs is 1. The van der Waals surface area contributed by atoms with Gasteiger partial charge in [-0.1, -0.05) is 0 Å². The van der Waals surface area contributed by atoms with Gasteiger partial charge in [-0.3, -0.25) is 10.1 Å². The lowest BCUT2D eigenvalue weighted by atomic mass is 10.1. The molecular formula is C8H8N2O3. The SMILES string of the molecule is Nc1cc([N+](=O)[O-])cc2c1OCC2. The fourth-order valence-corrected chi connectivity index (χ4v) is 1.43. The van der Waals surface area contributed by atoms with Gasteiger partial charge >= 0.3 is 0 Å². The minimum atomic E-state index is -0.449. The van der Waals surface area contributed by atoms with E-state index in [4.69, 9.17) is 10.5 Å². The molecule has 1 aliphatic rings. The monoisotopic (exact) mass is 180 g/mol. The van der Waals surface area contributed by atoms with E-state index in [-0.39, 0.29) is 5.69 Å². The maximum Gasteiger partial charge on any atom is 0.272 e. The highest BCUT2D eigenvalue weighted by atomic mass is 16.6. The van der Waals surface area contributed by atoms with E-state index < -0.39 is 4.92 Å². The standard InChI is InChI=1S/C8H8N2O3/c9-7-4-6(10(11)12)3-5-1-2-13-8(5)7/h3-4H,1-2,9H2.